The third-order valence-electron chi connectivity index (χ3n) is 5.45. The van der Waals surface area contributed by atoms with Crippen molar-refractivity contribution in [2.75, 3.05) is 43.3 Å². The Morgan fingerprint density at radius 3 is 2.45 bits per heavy atom. The third kappa shape index (κ3) is 5.89. The molecule has 172 valence electrons. The molecule has 3 aromatic rings. The predicted molar refractivity (Wildman–Crippen MR) is 134 cm³/mol. The molecular formula is C24H26ClN5O2S. The summed E-state index contributed by atoms with van der Waals surface area (Å²) >= 11 is 7.14. The molecule has 33 heavy (non-hydrogen) atoms. The minimum absolute atomic E-state index is 0.0188. The first kappa shape index (κ1) is 23.2. The van der Waals surface area contributed by atoms with Gasteiger partial charge in [-0.15, -0.1) is 11.6 Å². The van der Waals surface area contributed by atoms with E-state index >= 15 is 0 Å². The highest BCUT2D eigenvalue weighted by Gasteiger charge is 2.24. The zero-order valence-electron chi connectivity index (χ0n) is 18.2. The zero-order valence-corrected chi connectivity index (χ0v) is 19.7. The first-order valence-electron chi connectivity index (χ1n) is 10.9. The number of hydrogen-bond donors (Lipinski definition) is 2. The summed E-state index contributed by atoms with van der Waals surface area (Å²) in [6.45, 7) is 2.65. The van der Waals surface area contributed by atoms with Gasteiger partial charge in [-0.25, -0.2) is 4.79 Å². The van der Waals surface area contributed by atoms with Crippen LogP contribution in [0.4, 0.5) is 10.5 Å². The maximum Gasteiger partial charge on any atom is 0.317 e. The van der Waals surface area contributed by atoms with Crippen molar-refractivity contribution in [3.63, 3.8) is 0 Å². The number of para-hydroxylation sites is 1. The number of benzene rings is 2. The molecule has 0 spiro atoms. The lowest BCUT2D eigenvalue weighted by Crippen LogP contribution is -2.53. The van der Waals surface area contributed by atoms with Crippen LogP contribution in [0.25, 0.3) is 10.9 Å². The number of fused-ring (bicyclic) bond motifs is 1. The Morgan fingerprint density at radius 2 is 1.70 bits per heavy atom. The van der Waals surface area contributed by atoms with E-state index in [1.54, 1.807) is 16.0 Å². The fraction of sp³-hybridized carbons (Fsp3) is 0.292. The Kier molecular flexibility index (Phi) is 7.91. The number of piperazine rings is 1. The molecule has 0 aliphatic carbocycles. The van der Waals surface area contributed by atoms with Crippen molar-refractivity contribution >= 4 is 52.1 Å². The van der Waals surface area contributed by atoms with E-state index in [-0.39, 0.29) is 11.9 Å². The molecule has 0 saturated carbocycles. The molecule has 1 fully saturated rings. The van der Waals surface area contributed by atoms with Crippen molar-refractivity contribution in [2.24, 2.45) is 0 Å². The average molecular weight is 484 g/mol. The zero-order chi connectivity index (χ0) is 23.0. The maximum absolute atomic E-state index is 12.9. The summed E-state index contributed by atoms with van der Waals surface area (Å²) in [4.78, 5) is 34.1. The number of halogens is 1. The molecule has 1 saturated heterocycles. The van der Waals surface area contributed by atoms with Gasteiger partial charge in [-0.2, -0.15) is 0 Å². The van der Waals surface area contributed by atoms with Crippen LogP contribution in [0.1, 0.15) is 16.8 Å². The predicted octanol–water partition coefficient (Wildman–Crippen LogP) is 4.45. The summed E-state index contributed by atoms with van der Waals surface area (Å²) in [6, 6.07) is 17.4. The molecule has 2 aromatic carbocycles. The molecule has 1 aliphatic rings. The molecule has 2 heterocycles. The highest BCUT2D eigenvalue weighted by molar-refractivity contribution is 8.00. The molecule has 0 radical (unpaired) electrons. The van der Waals surface area contributed by atoms with E-state index in [9.17, 15) is 9.59 Å². The summed E-state index contributed by atoms with van der Waals surface area (Å²) in [5.74, 6) is 0.505. The molecule has 0 bridgehead atoms. The summed E-state index contributed by atoms with van der Waals surface area (Å²) in [5, 5.41) is 3.95. The van der Waals surface area contributed by atoms with Gasteiger partial charge in [-0.3, -0.25) is 9.78 Å². The van der Waals surface area contributed by atoms with Crippen LogP contribution in [0.15, 0.2) is 65.7 Å². The van der Waals surface area contributed by atoms with Gasteiger partial charge in [-0.1, -0.05) is 18.2 Å². The second-order valence-corrected chi connectivity index (χ2v) is 8.89. The number of urea groups is 1. The molecular weight excluding hydrogens is 458 g/mol. The van der Waals surface area contributed by atoms with Crippen molar-refractivity contribution in [2.45, 2.75) is 11.3 Å². The van der Waals surface area contributed by atoms with Gasteiger partial charge in [0.05, 0.1) is 10.4 Å². The largest absolute Gasteiger partial charge is 0.338 e. The Bertz CT molecular complexity index is 1100. The first-order chi connectivity index (χ1) is 16.2. The summed E-state index contributed by atoms with van der Waals surface area (Å²) in [5.41, 5.74) is 2.50. The Morgan fingerprint density at radius 1 is 0.970 bits per heavy atom. The lowest BCUT2D eigenvalue weighted by molar-refractivity contribution is 0.0665. The van der Waals surface area contributed by atoms with E-state index in [1.165, 1.54) is 11.9 Å². The Hall–Kier alpha value is -2.97. The standard InChI is InChI=1S/C24H26ClN5O2S/c25-11-3-13-27-24(32)30-16-14-29(15-17-30)23(31)19-7-9-20(10-8-19)28-33-21-6-1-4-18-5-2-12-26-22(18)21/h1-2,4-10,12,28H,3,11,13-17H2,(H,27,32). The average Bonchev–Trinajstić information content (AvgIpc) is 2.87. The van der Waals surface area contributed by atoms with Crippen molar-refractivity contribution < 1.29 is 9.59 Å². The summed E-state index contributed by atoms with van der Waals surface area (Å²) in [7, 11) is 0. The second-order valence-electron chi connectivity index (χ2n) is 7.67. The number of alkyl halides is 1. The van der Waals surface area contributed by atoms with Crippen molar-refractivity contribution in [3.05, 3.63) is 66.4 Å². The number of rotatable bonds is 7. The Balaban J connectivity index is 1.29. The van der Waals surface area contributed by atoms with Crippen molar-refractivity contribution in [1.82, 2.24) is 20.1 Å². The van der Waals surface area contributed by atoms with Gasteiger partial charge in [0, 0.05) is 61.4 Å². The highest BCUT2D eigenvalue weighted by Crippen LogP contribution is 2.27. The molecule has 4 rings (SSSR count). The molecule has 0 atom stereocenters. The Labute approximate surface area is 202 Å². The highest BCUT2D eigenvalue weighted by atomic mass is 35.5. The monoisotopic (exact) mass is 483 g/mol. The molecule has 3 amide bonds. The minimum Gasteiger partial charge on any atom is -0.338 e. The maximum atomic E-state index is 12.9. The van der Waals surface area contributed by atoms with Gasteiger partial charge < -0.3 is 19.8 Å². The minimum atomic E-state index is -0.0958. The molecule has 2 N–H and O–H groups in total. The lowest BCUT2D eigenvalue weighted by Gasteiger charge is -2.34. The summed E-state index contributed by atoms with van der Waals surface area (Å²) < 4.78 is 3.33. The molecule has 9 heteroatoms. The van der Waals surface area contributed by atoms with Gasteiger partial charge in [-0.05, 0) is 54.8 Å². The fourth-order valence-electron chi connectivity index (χ4n) is 3.62. The summed E-state index contributed by atoms with van der Waals surface area (Å²) in [6.07, 6.45) is 2.54. The van der Waals surface area contributed by atoms with E-state index in [0.29, 0.717) is 44.2 Å². The van der Waals surface area contributed by atoms with Crippen LogP contribution in [-0.4, -0.2) is 65.3 Å². The number of nitrogens with zero attached hydrogens (tertiary/aromatic N) is 3. The van der Waals surface area contributed by atoms with Crippen molar-refractivity contribution in [1.29, 1.82) is 0 Å². The fourth-order valence-corrected chi connectivity index (χ4v) is 4.53. The number of hydrogen-bond acceptors (Lipinski definition) is 5. The number of amides is 3. The van der Waals surface area contributed by atoms with E-state index in [1.807, 2.05) is 54.6 Å². The molecule has 7 nitrogen and oxygen atoms in total. The molecule has 1 aliphatic heterocycles. The topological polar surface area (TPSA) is 77.6 Å². The number of pyridine rings is 1. The third-order valence-corrected chi connectivity index (χ3v) is 6.60. The first-order valence-corrected chi connectivity index (χ1v) is 12.3. The van der Waals surface area contributed by atoms with Gasteiger partial charge in [0.25, 0.3) is 5.91 Å². The quantitative estimate of drug-likeness (QED) is 0.295. The number of carbonyl (C=O) groups is 2. The lowest BCUT2D eigenvalue weighted by atomic mass is 10.1. The van der Waals surface area contributed by atoms with Gasteiger partial charge in [0.15, 0.2) is 0 Å². The number of carbonyl (C=O) groups excluding carboxylic acids is 2. The normalized spacial score (nSPS) is 13.7. The van der Waals surface area contributed by atoms with Crippen LogP contribution >= 0.6 is 23.5 Å². The van der Waals surface area contributed by atoms with Gasteiger partial charge in [0.2, 0.25) is 0 Å². The van der Waals surface area contributed by atoms with Crippen molar-refractivity contribution in [3.8, 4) is 0 Å². The van der Waals surface area contributed by atoms with Crippen LogP contribution in [-0.2, 0) is 0 Å². The van der Waals surface area contributed by atoms with E-state index < -0.39 is 0 Å². The van der Waals surface area contributed by atoms with E-state index in [0.717, 1.165) is 27.9 Å². The molecule has 1 aromatic heterocycles. The smallest absolute Gasteiger partial charge is 0.317 e. The van der Waals surface area contributed by atoms with Crippen LogP contribution in [0.3, 0.4) is 0 Å². The van der Waals surface area contributed by atoms with Crippen LogP contribution in [0.5, 0.6) is 0 Å². The number of nitrogens with one attached hydrogen (secondary N) is 2. The molecule has 0 unspecified atom stereocenters. The van der Waals surface area contributed by atoms with Gasteiger partial charge >= 0.3 is 6.03 Å². The van der Waals surface area contributed by atoms with Crippen LogP contribution in [0, 0.1) is 0 Å². The SMILES string of the molecule is O=C(NCCCCl)N1CCN(C(=O)c2ccc(NSc3cccc4cccnc34)cc2)CC1. The van der Waals surface area contributed by atoms with E-state index in [2.05, 4.69) is 15.0 Å². The van der Waals surface area contributed by atoms with Crippen LogP contribution in [0.2, 0.25) is 0 Å². The van der Waals surface area contributed by atoms with Crippen LogP contribution < -0.4 is 10.0 Å². The van der Waals surface area contributed by atoms with E-state index in [4.69, 9.17) is 11.6 Å². The number of aromatic nitrogens is 1. The number of anilines is 1. The second kappa shape index (κ2) is 11.2. The van der Waals surface area contributed by atoms with Gasteiger partial charge in [0.1, 0.15) is 0 Å².